The Kier molecular flexibility index (Phi) is 7.13. The highest BCUT2D eigenvalue weighted by molar-refractivity contribution is 8.38. The summed E-state index contributed by atoms with van der Waals surface area (Å²) in [6, 6.07) is 7.08. The van der Waals surface area contributed by atoms with E-state index < -0.39 is 24.4 Å². The van der Waals surface area contributed by atoms with Crippen molar-refractivity contribution in [2.45, 2.75) is 5.75 Å². The summed E-state index contributed by atoms with van der Waals surface area (Å²) < 4.78 is 6.00. The first-order valence-corrected chi connectivity index (χ1v) is 9.13. The summed E-state index contributed by atoms with van der Waals surface area (Å²) in [5, 5.41) is 2.25. The third-order valence-corrected chi connectivity index (χ3v) is 5.24. The molecule has 1 aliphatic heterocycles. The second kappa shape index (κ2) is 9.33. The fourth-order valence-corrected chi connectivity index (χ4v) is 3.85. The van der Waals surface area contributed by atoms with E-state index in [4.69, 9.17) is 10.5 Å². The quantitative estimate of drug-likeness (QED) is 0.689. The van der Waals surface area contributed by atoms with E-state index in [1.807, 2.05) is 12.1 Å². The fourth-order valence-electron chi connectivity index (χ4n) is 1.83. The lowest BCUT2D eigenvalue weighted by molar-refractivity contribution is -0.127. The molecule has 0 aromatic heterocycles. The summed E-state index contributed by atoms with van der Waals surface area (Å²) in [7, 11) is 0. The Morgan fingerprint density at radius 1 is 1.33 bits per heavy atom. The molecular weight excluding hydrogens is 350 g/mol. The van der Waals surface area contributed by atoms with Crippen LogP contribution in [0.15, 0.2) is 29.3 Å². The number of nitrogens with one attached hydrogen (secondary N) is 1. The van der Waals surface area contributed by atoms with Gasteiger partial charge in [0.15, 0.2) is 6.61 Å². The number of esters is 1. The monoisotopic (exact) mass is 367 g/mol. The van der Waals surface area contributed by atoms with Gasteiger partial charge in [0.25, 0.3) is 5.91 Å². The summed E-state index contributed by atoms with van der Waals surface area (Å²) in [6.07, 6.45) is 0. The number of aliphatic imine (C=N–C) groups is 1. The van der Waals surface area contributed by atoms with Gasteiger partial charge in [0.05, 0.1) is 18.7 Å². The molecule has 24 heavy (non-hydrogen) atoms. The molecule has 1 aliphatic rings. The first kappa shape index (κ1) is 18.3. The standard InChI is InChI=1S/C15H17N3O4S2/c16-12(19)7-18-13(20)8-22-14(21)11-4-2-1-3-10(11)9-24-15-17-5-6-23-15/h1-4H,5-9H2,(H2,16,19)(H,18,20). The molecule has 0 spiro atoms. The van der Waals surface area contributed by atoms with Gasteiger partial charge in [-0.25, -0.2) is 4.79 Å². The van der Waals surface area contributed by atoms with Crippen LogP contribution in [0.5, 0.6) is 0 Å². The Balaban J connectivity index is 1.89. The number of hydrogen-bond donors (Lipinski definition) is 2. The van der Waals surface area contributed by atoms with Crippen molar-refractivity contribution >= 4 is 45.7 Å². The maximum Gasteiger partial charge on any atom is 0.338 e. The predicted octanol–water partition coefficient (Wildman–Crippen LogP) is 0.781. The summed E-state index contributed by atoms with van der Waals surface area (Å²) in [5.41, 5.74) is 6.15. The molecule has 0 bridgehead atoms. The smallest absolute Gasteiger partial charge is 0.338 e. The first-order valence-electron chi connectivity index (χ1n) is 7.16. The van der Waals surface area contributed by atoms with Gasteiger partial charge < -0.3 is 15.8 Å². The number of benzene rings is 1. The van der Waals surface area contributed by atoms with E-state index >= 15 is 0 Å². The topological polar surface area (TPSA) is 111 Å². The van der Waals surface area contributed by atoms with Crippen LogP contribution in [0.3, 0.4) is 0 Å². The van der Waals surface area contributed by atoms with Crippen LogP contribution in [0.1, 0.15) is 15.9 Å². The Bertz CT molecular complexity index is 664. The maximum absolute atomic E-state index is 12.2. The fraction of sp³-hybridized carbons (Fsp3) is 0.333. The van der Waals surface area contributed by atoms with Crippen molar-refractivity contribution in [2.24, 2.45) is 10.7 Å². The molecule has 7 nitrogen and oxygen atoms in total. The van der Waals surface area contributed by atoms with E-state index in [2.05, 4.69) is 10.3 Å². The minimum Gasteiger partial charge on any atom is -0.452 e. The first-order chi connectivity index (χ1) is 11.6. The predicted molar refractivity (Wildman–Crippen MR) is 95.0 cm³/mol. The molecule has 1 aromatic carbocycles. The van der Waals surface area contributed by atoms with Gasteiger partial charge in [-0.3, -0.25) is 14.6 Å². The molecule has 2 amide bonds. The number of hydrogen-bond acceptors (Lipinski definition) is 7. The molecule has 0 atom stereocenters. The van der Waals surface area contributed by atoms with Crippen molar-refractivity contribution in [3.8, 4) is 0 Å². The van der Waals surface area contributed by atoms with Crippen LogP contribution in [0, 0.1) is 0 Å². The third kappa shape index (κ3) is 5.89. The van der Waals surface area contributed by atoms with E-state index in [-0.39, 0.29) is 6.54 Å². The van der Waals surface area contributed by atoms with Crippen LogP contribution >= 0.6 is 23.5 Å². The minimum absolute atomic E-state index is 0.288. The second-order valence-corrected chi connectivity index (χ2v) is 7.07. The molecule has 1 heterocycles. The number of carbonyl (C=O) groups is 3. The summed E-state index contributed by atoms with van der Waals surface area (Å²) in [6.45, 7) is 0.0800. The van der Waals surface area contributed by atoms with Gasteiger partial charge >= 0.3 is 5.97 Å². The minimum atomic E-state index is -0.662. The Morgan fingerprint density at radius 2 is 2.12 bits per heavy atom. The number of primary amides is 1. The van der Waals surface area contributed by atoms with Gasteiger partial charge in [-0.1, -0.05) is 41.7 Å². The van der Waals surface area contributed by atoms with Crippen LogP contribution in [0.4, 0.5) is 0 Å². The average molecular weight is 367 g/mol. The molecule has 0 saturated carbocycles. The van der Waals surface area contributed by atoms with E-state index in [1.165, 1.54) is 0 Å². The van der Waals surface area contributed by atoms with Crippen LogP contribution in [0.25, 0.3) is 0 Å². The number of amides is 2. The molecule has 3 N–H and O–H groups in total. The van der Waals surface area contributed by atoms with Gasteiger partial charge in [-0.05, 0) is 11.6 Å². The van der Waals surface area contributed by atoms with Crippen molar-refractivity contribution in [3.63, 3.8) is 0 Å². The highest BCUT2D eigenvalue weighted by Crippen LogP contribution is 2.26. The molecule has 9 heteroatoms. The summed E-state index contributed by atoms with van der Waals surface area (Å²) >= 11 is 3.28. The molecule has 0 unspecified atom stereocenters. The van der Waals surface area contributed by atoms with Crippen LogP contribution in [-0.4, -0.2) is 47.6 Å². The van der Waals surface area contributed by atoms with Crippen LogP contribution < -0.4 is 11.1 Å². The maximum atomic E-state index is 12.2. The lowest BCUT2D eigenvalue weighted by Crippen LogP contribution is -2.36. The van der Waals surface area contributed by atoms with E-state index in [9.17, 15) is 14.4 Å². The second-order valence-electron chi connectivity index (χ2n) is 4.76. The lowest BCUT2D eigenvalue weighted by atomic mass is 10.1. The third-order valence-electron chi connectivity index (χ3n) is 2.94. The van der Waals surface area contributed by atoms with E-state index in [0.29, 0.717) is 11.3 Å². The summed E-state index contributed by atoms with van der Waals surface area (Å²) in [5.74, 6) is -0.228. The lowest BCUT2D eigenvalue weighted by Gasteiger charge is -2.09. The number of ether oxygens (including phenoxy) is 1. The molecular formula is C15H17N3O4S2. The zero-order valence-electron chi connectivity index (χ0n) is 12.8. The van der Waals surface area contributed by atoms with Gasteiger partial charge in [0.2, 0.25) is 5.91 Å². The molecule has 0 fully saturated rings. The number of rotatable bonds is 7. The Morgan fingerprint density at radius 3 is 2.83 bits per heavy atom. The zero-order chi connectivity index (χ0) is 17.4. The van der Waals surface area contributed by atoms with Crippen molar-refractivity contribution in [1.29, 1.82) is 0 Å². The number of thioether (sulfide) groups is 2. The summed E-state index contributed by atoms with van der Waals surface area (Å²) in [4.78, 5) is 38.5. The SMILES string of the molecule is NC(=O)CNC(=O)COC(=O)c1ccccc1CSC1=NCCS1. The highest BCUT2D eigenvalue weighted by Gasteiger charge is 2.16. The van der Waals surface area contributed by atoms with E-state index in [0.717, 1.165) is 22.2 Å². The largest absolute Gasteiger partial charge is 0.452 e. The Hall–Kier alpha value is -2.00. The molecule has 0 aliphatic carbocycles. The molecule has 128 valence electrons. The van der Waals surface area contributed by atoms with Crippen molar-refractivity contribution < 1.29 is 19.1 Å². The number of nitrogens with zero attached hydrogens (tertiary/aromatic N) is 1. The van der Waals surface area contributed by atoms with Crippen LogP contribution in [0.2, 0.25) is 0 Å². The molecule has 0 radical (unpaired) electrons. The number of nitrogens with two attached hydrogens (primary N) is 1. The molecule has 1 aromatic rings. The molecule has 0 saturated heterocycles. The van der Waals surface area contributed by atoms with Gasteiger partial charge in [-0.2, -0.15) is 0 Å². The average Bonchev–Trinajstić information content (AvgIpc) is 3.09. The van der Waals surface area contributed by atoms with Gasteiger partial charge in [0, 0.05) is 11.5 Å². The van der Waals surface area contributed by atoms with Crippen molar-refractivity contribution in [1.82, 2.24) is 5.32 Å². The van der Waals surface area contributed by atoms with Gasteiger partial charge in [-0.15, -0.1) is 0 Å². The Labute approximate surface area is 147 Å². The number of carbonyl (C=O) groups excluding carboxylic acids is 3. The van der Waals surface area contributed by atoms with Crippen molar-refractivity contribution in [3.05, 3.63) is 35.4 Å². The highest BCUT2D eigenvalue weighted by atomic mass is 32.2. The van der Waals surface area contributed by atoms with Crippen molar-refractivity contribution in [2.75, 3.05) is 25.4 Å². The van der Waals surface area contributed by atoms with Crippen LogP contribution in [-0.2, 0) is 20.1 Å². The zero-order valence-corrected chi connectivity index (χ0v) is 14.5. The normalized spacial score (nSPS) is 13.2. The van der Waals surface area contributed by atoms with E-state index in [1.54, 1.807) is 35.7 Å². The van der Waals surface area contributed by atoms with Gasteiger partial charge in [0.1, 0.15) is 4.38 Å². The molecule has 2 rings (SSSR count).